The van der Waals surface area contributed by atoms with Gasteiger partial charge in [-0.25, -0.2) is 0 Å². The largest absolute Gasteiger partial charge is 0.492 e. The third kappa shape index (κ3) is 6.29. The maximum atomic E-state index is 5.69. The predicted molar refractivity (Wildman–Crippen MR) is 72.3 cm³/mol. The molecule has 0 fully saturated rings. The van der Waals surface area contributed by atoms with Crippen LogP contribution in [0.15, 0.2) is 30.3 Å². The molecule has 17 heavy (non-hydrogen) atoms. The lowest BCUT2D eigenvalue weighted by Gasteiger charge is -2.21. The van der Waals surface area contributed by atoms with E-state index in [1.807, 2.05) is 30.3 Å². The average molecular weight is 236 g/mol. The summed E-state index contributed by atoms with van der Waals surface area (Å²) in [7, 11) is 0. The van der Waals surface area contributed by atoms with Gasteiger partial charge in [-0.05, 0) is 44.6 Å². The van der Waals surface area contributed by atoms with Crippen LogP contribution in [0, 0.1) is 0 Å². The van der Waals surface area contributed by atoms with Gasteiger partial charge in [0, 0.05) is 6.54 Å². The lowest BCUT2D eigenvalue weighted by Crippen LogP contribution is -2.31. The summed E-state index contributed by atoms with van der Waals surface area (Å²) in [6, 6.07) is 9.96. The Balaban J connectivity index is 2.22. The summed E-state index contributed by atoms with van der Waals surface area (Å²) in [5.41, 5.74) is 5.53. The third-order valence-electron chi connectivity index (χ3n) is 2.64. The van der Waals surface area contributed by atoms with Crippen molar-refractivity contribution in [2.45, 2.75) is 19.8 Å². The summed E-state index contributed by atoms with van der Waals surface area (Å²) in [6.45, 7) is 6.88. The van der Waals surface area contributed by atoms with Crippen molar-refractivity contribution < 1.29 is 4.74 Å². The molecular formula is C14H24N2O. The van der Waals surface area contributed by atoms with Crippen molar-refractivity contribution in [2.24, 2.45) is 5.73 Å². The standard InChI is InChI=1S/C14H24N2O/c1-2-10-16(11-6-9-15)12-13-17-14-7-4-3-5-8-14/h3-5,7-8H,2,6,9-13,15H2,1H3. The number of ether oxygens (including phenoxy) is 1. The lowest BCUT2D eigenvalue weighted by molar-refractivity contribution is 0.208. The smallest absolute Gasteiger partial charge is 0.119 e. The molecule has 0 spiro atoms. The average Bonchev–Trinajstić information content (AvgIpc) is 2.37. The minimum Gasteiger partial charge on any atom is -0.492 e. The van der Waals surface area contributed by atoms with E-state index < -0.39 is 0 Å². The van der Waals surface area contributed by atoms with Crippen molar-refractivity contribution in [3.8, 4) is 5.75 Å². The summed E-state index contributed by atoms with van der Waals surface area (Å²) >= 11 is 0. The summed E-state index contributed by atoms with van der Waals surface area (Å²) in [6.07, 6.45) is 2.24. The van der Waals surface area contributed by atoms with Gasteiger partial charge in [0.1, 0.15) is 12.4 Å². The van der Waals surface area contributed by atoms with Gasteiger partial charge in [-0.2, -0.15) is 0 Å². The zero-order chi connectivity index (χ0) is 12.3. The minimum atomic E-state index is 0.745. The SMILES string of the molecule is CCCN(CCCN)CCOc1ccccc1. The quantitative estimate of drug-likeness (QED) is 0.714. The second kappa shape index (κ2) is 9.02. The van der Waals surface area contributed by atoms with E-state index in [9.17, 15) is 0 Å². The highest BCUT2D eigenvalue weighted by Gasteiger charge is 2.03. The molecule has 1 aromatic carbocycles. The van der Waals surface area contributed by atoms with Crippen LogP contribution in [0.4, 0.5) is 0 Å². The van der Waals surface area contributed by atoms with Crippen LogP contribution < -0.4 is 10.5 Å². The van der Waals surface area contributed by atoms with Gasteiger partial charge in [0.2, 0.25) is 0 Å². The summed E-state index contributed by atoms with van der Waals surface area (Å²) < 4.78 is 5.69. The number of nitrogens with zero attached hydrogens (tertiary/aromatic N) is 1. The topological polar surface area (TPSA) is 38.5 Å². The molecule has 0 radical (unpaired) electrons. The van der Waals surface area contributed by atoms with Gasteiger partial charge in [0.05, 0.1) is 0 Å². The van der Waals surface area contributed by atoms with Crippen LogP contribution in [-0.4, -0.2) is 37.7 Å². The van der Waals surface area contributed by atoms with Crippen LogP contribution in [0.25, 0.3) is 0 Å². The first-order chi connectivity index (χ1) is 8.36. The fraction of sp³-hybridized carbons (Fsp3) is 0.571. The van der Waals surface area contributed by atoms with Crippen LogP contribution in [0.3, 0.4) is 0 Å². The molecular weight excluding hydrogens is 212 g/mol. The third-order valence-corrected chi connectivity index (χ3v) is 2.64. The fourth-order valence-electron chi connectivity index (χ4n) is 1.78. The monoisotopic (exact) mass is 236 g/mol. The second-order valence-corrected chi connectivity index (χ2v) is 4.15. The number of benzene rings is 1. The number of nitrogens with two attached hydrogens (primary N) is 1. The molecule has 3 nitrogen and oxygen atoms in total. The van der Waals surface area contributed by atoms with E-state index >= 15 is 0 Å². The van der Waals surface area contributed by atoms with Gasteiger partial charge >= 0.3 is 0 Å². The molecule has 0 atom stereocenters. The Morgan fingerprint density at radius 1 is 1.12 bits per heavy atom. The van der Waals surface area contributed by atoms with E-state index in [0.717, 1.165) is 45.0 Å². The highest BCUT2D eigenvalue weighted by Crippen LogP contribution is 2.08. The highest BCUT2D eigenvalue weighted by molar-refractivity contribution is 5.20. The molecule has 0 aliphatic carbocycles. The molecule has 0 saturated heterocycles. The molecule has 0 unspecified atom stereocenters. The van der Waals surface area contributed by atoms with Crippen molar-refractivity contribution in [1.82, 2.24) is 4.90 Å². The molecule has 96 valence electrons. The lowest BCUT2D eigenvalue weighted by atomic mass is 10.3. The predicted octanol–water partition coefficient (Wildman–Crippen LogP) is 2.13. The Morgan fingerprint density at radius 2 is 1.88 bits per heavy atom. The van der Waals surface area contributed by atoms with Gasteiger partial charge in [0.15, 0.2) is 0 Å². The van der Waals surface area contributed by atoms with E-state index in [2.05, 4.69) is 11.8 Å². The number of hydrogen-bond acceptors (Lipinski definition) is 3. The van der Waals surface area contributed by atoms with Gasteiger partial charge in [0.25, 0.3) is 0 Å². The Kier molecular flexibility index (Phi) is 7.43. The minimum absolute atomic E-state index is 0.745. The number of hydrogen-bond donors (Lipinski definition) is 1. The number of para-hydroxylation sites is 1. The van der Waals surface area contributed by atoms with Crippen LogP contribution in [-0.2, 0) is 0 Å². The zero-order valence-corrected chi connectivity index (χ0v) is 10.8. The molecule has 3 heteroatoms. The summed E-state index contributed by atoms with van der Waals surface area (Å²) in [5.74, 6) is 0.947. The normalized spacial score (nSPS) is 10.8. The Labute approximate surface area is 105 Å². The van der Waals surface area contributed by atoms with Crippen LogP contribution in [0.1, 0.15) is 19.8 Å². The van der Waals surface area contributed by atoms with E-state index in [1.165, 1.54) is 6.42 Å². The molecule has 1 aromatic rings. The molecule has 0 saturated carbocycles. The fourth-order valence-corrected chi connectivity index (χ4v) is 1.78. The Hall–Kier alpha value is -1.06. The first-order valence-corrected chi connectivity index (χ1v) is 6.47. The molecule has 0 bridgehead atoms. The van der Waals surface area contributed by atoms with Crippen LogP contribution >= 0.6 is 0 Å². The first-order valence-electron chi connectivity index (χ1n) is 6.47. The molecule has 0 heterocycles. The molecule has 1 rings (SSSR count). The first kappa shape index (κ1) is 14.0. The van der Waals surface area contributed by atoms with Crippen LogP contribution in [0.5, 0.6) is 5.75 Å². The Bertz CT molecular complexity index is 277. The summed E-state index contributed by atoms with van der Waals surface area (Å²) in [4.78, 5) is 2.41. The maximum absolute atomic E-state index is 5.69. The van der Waals surface area contributed by atoms with E-state index in [1.54, 1.807) is 0 Å². The van der Waals surface area contributed by atoms with E-state index in [4.69, 9.17) is 10.5 Å². The molecule has 0 aliphatic heterocycles. The van der Waals surface area contributed by atoms with Gasteiger partial charge in [-0.3, -0.25) is 4.90 Å². The highest BCUT2D eigenvalue weighted by atomic mass is 16.5. The van der Waals surface area contributed by atoms with Crippen molar-refractivity contribution in [2.75, 3.05) is 32.8 Å². The maximum Gasteiger partial charge on any atom is 0.119 e. The Morgan fingerprint density at radius 3 is 2.53 bits per heavy atom. The van der Waals surface area contributed by atoms with Gasteiger partial charge in [-0.1, -0.05) is 25.1 Å². The van der Waals surface area contributed by atoms with Crippen molar-refractivity contribution in [3.05, 3.63) is 30.3 Å². The van der Waals surface area contributed by atoms with E-state index in [-0.39, 0.29) is 0 Å². The van der Waals surface area contributed by atoms with Crippen molar-refractivity contribution >= 4 is 0 Å². The van der Waals surface area contributed by atoms with Crippen LogP contribution in [0.2, 0.25) is 0 Å². The molecule has 0 amide bonds. The zero-order valence-electron chi connectivity index (χ0n) is 10.8. The summed E-state index contributed by atoms with van der Waals surface area (Å²) in [5, 5.41) is 0. The van der Waals surface area contributed by atoms with Gasteiger partial charge < -0.3 is 10.5 Å². The molecule has 0 aliphatic rings. The molecule has 2 N–H and O–H groups in total. The molecule has 0 aromatic heterocycles. The van der Waals surface area contributed by atoms with Crippen molar-refractivity contribution in [3.63, 3.8) is 0 Å². The number of rotatable bonds is 9. The van der Waals surface area contributed by atoms with Crippen molar-refractivity contribution in [1.29, 1.82) is 0 Å². The van der Waals surface area contributed by atoms with E-state index in [0.29, 0.717) is 0 Å². The second-order valence-electron chi connectivity index (χ2n) is 4.15. The van der Waals surface area contributed by atoms with Gasteiger partial charge in [-0.15, -0.1) is 0 Å².